The third-order valence-electron chi connectivity index (χ3n) is 3.42. The predicted molar refractivity (Wildman–Crippen MR) is 68.9 cm³/mol. The first kappa shape index (κ1) is 13.5. The van der Waals surface area contributed by atoms with Gasteiger partial charge in [-0.2, -0.15) is 0 Å². The van der Waals surface area contributed by atoms with Crippen LogP contribution in [0.2, 0.25) is 0 Å². The lowest BCUT2D eigenvalue weighted by molar-refractivity contribution is -0.119. The Bertz CT molecular complexity index is 473. The molecule has 0 aliphatic carbocycles. The van der Waals surface area contributed by atoms with Crippen LogP contribution in [-0.2, 0) is 4.79 Å². The third kappa shape index (κ3) is 3.30. The molecule has 1 aromatic rings. The van der Waals surface area contributed by atoms with Gasteiger partial charge in [0.05, 0.1) is 0 Å². The minimum Gasteiger partial charge on any atom is -0.370 e. The number of hydrogen-bond acceptors (Lipinski definition) is 2. The maximum Gasteiger partial charge on any atom is 0.254 e. The van der Waals surface area contributed by atoms with Crippen LogP contribution in [0.5, 0.6) is 0 Å². The van der Waals surface area contributed by atoms with Crippen molar-refractivity contribution < 1.29 is 14.0 Å². The number of amides is 2. The van der Waals surface area contributed by atoms with Crippen molar-refractivity contribution in [3.8, 4) is 0 Å². The van der Waals surface area contributed by atoms with E-state index in [1.54, 1.807) is 4.90 Å². The van der Waals surface area contributed by atoms with Crippen LogP contribution in [0.4, 0.5) is 4.39 Å². The van der Waals surface area contributed by atoms with Crippen molar-refractivity contribution in [2.24, 2.45) is 5.73 Å². The van der Waals surface area contributed by atoms with Gasteiger partial charge in [0.2, 0.25) is 5.91 Å². The maximum atomic E-state index is 12.9. The Morgan fingerprint density at radius 3 is 2.58 bits per heavy atom. The lowest BCUT2D eigenvalue weighted by atomic mass is 9.98. The Morgan fingerprint density at radius 1 is 1.26 bits per heavy atom. The number of piperidine rings is 1. The highest BCUT2D eigenvalue weighted by Crippen LogP contribution is 2.22. The van der Waals surface area contributed by atoms with Gasteiger partial charge in [0.1, 0.15) is 5.82 Å². The zero-order valence-electron chi connectivity index (χ0n) is 10.6. The van der Waals surface area contributed by atoms with Gasteiger partial charge in [0.25, 0.3) is 5.91 Å². The molecule has 2 rings (SSSR count). The van der Waals surface area contributed by atoms with Crippen LogP contribution in [-0.4, -0.2) is 29.3 Å². The van der Waals surface area contributed by atoms with E-state index >= 15 is 0 Å². The molecule has 0 radical (unpaired) electrons. The highest BCUT2D eigenvalue weighted by atomic mass is 19.1. The van der Waals surface area contributed by atoms with Gasteiger partial charge in [-0.15, -0.1) is 0 Å². The second-order valence-electron chi connectivity index (χ2n) is 4.83. The highest BCUT2D eigenvalue weighted by molar-refractivity contribution is 5.94. The molecule has 1 aliphatic rings. The molecular weight excluding hydrogens is 247 g/mol. The minimum atomic E-state index is -0.399. The molecule has 1 heterocycles. The maximum absolute atomic E-state index is 12.9. The molecule has 19 heavy (non-hydrogen) atoms. The number of nitrogens with two attached hydrogens (primary N) is 1. The molecule has 2 N–H and O–H groups in total. The quantitative estimate of drug-likeness (QED) is 0.903. The smallest absolute Gasteiger partial charge is 0.254 e. The van der Waals surface area contributed by atoms with Gasteiger partial charge in [-0.3, -0.25) is 9.59 Å². The molecule has 4 nitrogen and oxygen atoms in total. The topological polar surface area (TPSA) is 63.4 Å². The van der Waals surface area contributed by atoms with Crippen LogP contribution in [0.1, 0.15) is 36.0 Å². The number of carbonyl (C=O) groups is 2. The summed E-state index contributed by atoms with van der Waals surface area (Å²) in [7, 11) is 0. The molecule has 1 aliphatic heterocycles. The van der Waals surface area contributed by atoms with Crippen LogP contribution in [0.15, 0.2) is 24.3 Å². The zero-order chi connectivity index (χ0) is 13.8. The Balaban J connectivity index is 2.15. The summed E-state index contributed by atoms with van der Waals surface area (Å²) < 4.78 is 12.9. The average Bonchev–Trinajstić information content (AvgIpc) is 2.39. The number of primary amides is 1. The molecule has 2 amide bonds. The second kappa shape index (κ2) is 5.82. The largest absolute Gasteiger partial charge is 0.370 e. The Morgan fingerprint density at radius 2 is 1.95 bits per heavy atom. The van der Waals surface area contributed by atoms with Crippen LogP contribution in [0.25, 0.3) is 0 Å². The number of nitrogens with zero attached hydrogens (tertiary/aromatic N) is 1. The van der Waals surface area contributed by atoms with Gasteiger partial charge < -0.3 is 10.6 Å². The lowest BCUT2D eigenvalue weighted by Crippen LogP contribution is -2.45. The molecule has 1 saturated heterocycles. The number of halogens is 1. The van der Waals surface area contributed by atoms with Crippen molar-refractivity contribution >= 4 is 11.8 Å². The van der Waals surface area contributed by atoms with E-state index in [4.69, 9.17) is 5.73 Å². The molecule has 1 atom stereocenters. The third-order valence-corrected chi connectivity index (χ3v) is 3.42. The van der Waals surface area contributed by atoms with Crippen molar-refractivity contribution in [3.05, 3.63) is 35.6 Å². The van der Waals surface area contributed by atoms with Gasteiger partial charge in [-0.05, 0) is 43.5 Å². The van der Waals surface area contributed by atoms with E-state index in [0.29, 0.717) is 12.1 Å². The fourth-order valence-corrected chi connectivity index (χ4v) is 2.47. The average molecular weight is 264 g/mol. The van der Waals surface area contributed by atoms with E-state index in [2.05, 4.69) is 0 Å². The molecule has 5 heteroatoms. The molecule has 1 fully saturated rings. The SMILES string of the molecule is NC(=O)CC1CCCCN1C(=O)c1ccc(F)cc1. The van der Waals surface area contributed by atoms with Gasteiger partial charge in [0, 0.05) is 24.6 Å². The predicted octanol–water partition coefficient (Wildman–Crippen LogP) is 1.70. The molecular formula is C14H17FN2O2. The van der Waals surface area contributed by atoms with Crippen LogP contribution >= 0.6 is 0 Å². The lowest BCUT2D eigenvalue weighted by Gasteiger charge is -2.35. The van der Waals surface area contributed by atoms with Crippen molar-refractivity contribution in [2.75, 3.05) is 6.54 Å². The molecule has 0 spiro atoms. The van der Waals surface area contributed by atoms with Crippen LogP contribution in [0, 0.1) is 5.82 Å². The van der Waals surface area contributed by atoms with Gasteiger partial charge in [-0.1, -0.05) is 0 Å². The Labute approximate surface area is 111 Å². The standard InChI is InChI=1S/C14H17FN2O2/c15-11-6-4-10(5-7-11)14(19)17-8-2-1-3-12(17)9-13(16)18/h4-7,12H,1-3,8-9H2,(H2,16,18). The molecule has 1 unspecified atom stereocenters. The fraction of sp³-hybridized carbons (Fsp3) is 0.429. The van der Waals surface area contributed by atoms with Crippen molar-refractivity contribution in [3.63, 3.8) is 0 Å². The summed E-state index contributed by atoms with van der Waals surface area (Å²) in [5.41, 5.74) is 5.66. The van der Waals surface area contributed by atoms with Gasteiger partial charge in [-0.25, -0.2) is 4.39 Å². The summed E-state index contributed by atoms with van der Waals surface area (Å²) in [6.07, 6.45) is 2.89. The molecule has 102 valence electrons. The first-order chi connectivity index (χ1) is 9.08. The Hall–Kier alpha value is -1.91. The normalized spacial score (nSPS) is 19.2. The summed E-state index contributed by atoms with van der Waals surface area (Å²) in [6, 6.07) is 5.32. The first-order valence-electron chi connectivity index (χ1n) is 6.43. The molecule has 1 aromatic carbocycles. The van der Waals surface area contributed by atoms with Gasteiger partial charge in [0.15, 0.2) is 0 Å². The summed E-state index contributed by atoms with van der Waals surface area (Å²) in [4.78, 5) is 25.1. The van der Waals surface area contributed by atoms with Crippen molar-refractivity contribution in [2.45, 2.75) is 31.7 Å². The van der Waals surface area contributed by atoms with Gasteiger partial charge >= 0.3 is 0 Å². The number of likely N-dealkylation sites (tertiary alicyclic amines) is 1. The van der Waals surface area contributed by atoms with Crippen LogP contribution in [0.3, 0.4) is 0 Å². The molecule has 0 saturated carbocycles. The number of benzene rings is 1. The van der Waals surface area contributed by atoms with E-state index < -0.39 is 5.91 Å². The minimum absolute atomic E-state index is 0.135. The summed E-state index contributed by atoms with van der Waals surface area (Å²) in [5, 5.41) is 0. The van der Waals surface area contributed by atoms with E-state index in [9.17, 15) is 14.0 Å². The van der Waals surface area contributed by atoms with Crippen molar-refractivity contribution in [1.29, 1.82) is 0 Å². The van der Waals surface area contributed by atoms with Crippen LogP contribution < -0.4 is 5.73 Å². The van der Waals surface area contributed by atoms with E-state index in [1.165, 1.54) is 24.3 Å². The summed E-state index contributed by atoms with van der Waals surface area (Å²) >= 11 is 0. The van der Waals surface area contributed by atoms with E-state index in [-0.39, 0.29) is 24.2 Å². The molecule has 0 bridgehead atoms. The fourth-order valence-electron chi connectivity index (χ4n) is 2.47. The van der Waals surface area contributed by atoms with E-state index in [0.717, 1.165) is 19.3 Å². The molecule has 0 aromatic heterocycles. The van der Waals surface area contributed by atoms with Crippen molar-refractivity contribution in [1.82, 2.24) is 4.90 Å². The number of carbonyl (C=O) groups excluding carboxylic acids is 2. The monoisotopic (exact) mass is 264 g/mol. The second-order valence-corrected chi connectivity index (χ2v) is 4.83. The highest BCUT2D eigenvalue weighted by Gasteiger charge is 2.28. The Kier molecular flexibility index (Phi) is 4.14. The van der Waals surface area contributed by atoms with E-state index in [1.807, 2.05) is 0 Å². The summed E-state index contributed by atoms with van der Waals surface area (Å²) in [5.74, 6) is -0.932. The number of rotatable bonds is 3. The first-order valence-corrected chi connectivity index (χ1v) is 6.43. The zero-order valence-corrected chi connectivity index (χ0v) is 10.6. The summed E-state index contributed by atoms with van der Waals surface area (Å²) in [6.45, 7) is 0.619. The number of hydrogen-bond donors (Lipinski definition) is 1.